The van der Waals surface area contributed by atoms with Crippen LogP contribution in [0.2, 0.25) is 0 Å². The molecule has 0 radical (unpaired) electrons. The maximum absolute atomic E-state index is 11.3. The quantitative estimate of drug-likeness (QED) is 0.802. The predicted octanol–water partition coefficient (Wildman–Crippen LogP) is 3.88. The number of hydrogen-bond acceptors (Lipinski definition) is 2. The molecule has 0 saturated carbocycles. The molecule has 0 saturated heterocycles. The third kappa shape index (κ3) is 4.40. The Morgan fingerprint density at radius 3 is 2.50 bits per heavy atom. The van der Waals surface area contributed by atoms with Gasteiger partial charge in [0.25, 0.3) is 0 Å². The van der Waals surface area contributed by atoms with Crippen molar-refractivity contribution in [2.45, 2.75) is 46.6 Å². The maximum atomic E-state index is 11.3. The van der Waals surface area contributed by atoms with E-state index in [4.69, 9.17) is 0 Å². The number of rotatable bonds is 6. The van der Waals surface area contributed by atoms with E-state index in [0.29, 0.717) is 18.4 Å². The Morgan fingerprint density at radius 1 is 1.22 bits per heavy atom. The molecule has 1 aromatic carbocycles. The maximum Gasteiger partial charge on any atom is 0.224 e. The molecule has 0 aliphatic rings. The van der Waals surface area contributed by atoms with Gasteiger partial charge in [0.2, 0.25) is 5.91 Å². The summed E-state index contributed by atoms with van der Waals surface area (Å²) in [4.78, 5) is 11.3. The summed E-state index contributed by atoms with van der Waals surface area (Å²) in [6.07, 6.45) is 1.65. The van der Waals surface area contributed by atoms with Crippen molar-refractivity contribution in [3.8, 4) is 0 Å². The second kappa shape index (κ2) is 7.04. The summed E-state index contributed by atoms with van der Waals surface area (Å²) in [5, 5.41) is 6.34. The van der Waals surface area contributed by atoms with Crippen LogP contribution in [0.25, 0.3) is 0 Å². The normalized spacial score (nSPS) is 13.8. The summed E-state index contributed by atoms with van der Waals surface area (Å²) in [6, 6.07) is 8.29. The average Bonchev–Trinajstić information content (AvgIpc) is 2.37. The molecule has 0 fully saturated rings. The average molecular weight is 248 g/mol. The third-order valence-corrected chi connectivity index (χ3v) is 3.36. The fourth-order valence-corrected chi connectivity index (χ4v) is 1.69. The molecular weight excluding hydrogens is 224 g/mol. The Balaban J connectivity index is 2.67. The molecule has 0 aliphatic heterocycles. The molecule has 1 aromatic rings. The molecule has 0 spiro atoms. The lowest BCUT2D eigenvalue weighted by atomic mass is 10.0. The summed E-state index contributed by atoms with van der Waals surface area (Å²) >= 11 is 0. The Kier molecular flexibility index (Phi) is 5.69. The SMILES string of the molecule is CCC(=O)Nc1cccc(NC(C)C(C)CC)c1. The molecule has 3 heteroatoms. The standard InChI is InChI=1S/C15H24N2O/c1-5-11(3)12(4)16-13-8-7-9-14(10-13)17-15(18)6-2/h7-12,16H,5-6H2,1-4H3,(H,17,18). The van der Waals surface area contributed by atoms with Gasteiger partial charge < -0.3 is 10.6 Å². The summed E-state index contributed by atoms with van der Waals surface area (Å²) in [6.45, 7) is 8.47. The Hall–Kier alpha value is -1.51. The molecule has 0 aliphatic carbocycles. The van der Waals surface area contributed by atoms with Crippen LogP contribution < -0.4 is 10.6 Å². The smallest absolute Gasteiger partial charge is 0.224 e. The van der Waals surface area contributed by atoms with Crippen molar-refractivity contribution in [3.63, 3.8) is 0 Å². The van der Waals surface area contributed by atoms with Crippen LogP contribution in [0.15, 0.2) is 24.3 Å². The number of carbonyl (C=O) groups excluding carboxylic acids is 1. The Labute approximate surface area is 110 Å². The molecule has 2 N–H and O–H groups in total. The lowest BCUT2D eigenvalue weighted by Crippen LogP contribution is -2.23. The van der Waals surface area contributed by atoms with E-state index in [2.05, 4.69) is 31.4 Å². The van der Waals surface area contributed by atoms with E-state index in [0.717, 1.165) is 17.8 Å². The first-order valence-electron chi connectivity index (χ1n) is 6.73. The third-order valence-electron chi connectivity index (χ3n) is 3.36. The predicted molar refractivity (Wildman–Crippen MR) is 77.9 cm³/mol. The highest BCUT2D eigenvalue weighted by molar-refractivity contribution is 5.90. The Bertz CT molecular complexity index is 390. The van der Waals surface area contributed by atoms with E-state index < -0.39 is 0 Å². The van der Waals surface area contributed by atoms with E-state index in [1.54, 1.807) is 0 Å². The van der Waals surface area contributed by atoms with Crippen molar-refractivity contribution >= 4 is 17.3 Å². The highest BCUT2D eigenvalue weighted by atomic mass is 16.1. The molecule has 1 amide bonds. The van der Waals surface area contributed by atoms with Gasteiger partial charge in [0.05, 0.1) is 0 Å². The van der Waals surface area contributed by atoms with Crippen LogP contribution in [-0.4, -0.2) is 11.9 Å². The van der Waals surface area contributed by atoms with Crippen molar-refractivity contribution in [3.05, 3.63) is 24.3 Å². The molecule has 3 nitrogen and oxygen atoms in total. The van der Waals surface area contributed by atoms with E-state index in [-0.39, 0.29) is 5.91 Å². The van der Waals surface area contributed by atoms with E-state index in [1.807, 2.05) is 31.2 Å². The molecular formula is C15H24N2O. The number of anilines is 2. The van der Waals surface area contributed by atoms with Crippen LogP contribution >= 0.6 is 0 Å². The first kappa shape index (κ1) is 14.6. The first-order chi connectivity index (χ1) is 8.56. The van der Waals surface area contributed by atoms with Gasteiger partial charge >= 0.3 is 0 Å². The largest absolute Gasteiger partial charge is 0.382 e. The van der Waals surface area contributed by atoms with Crippen molar-refractivity contribution in [1.82, 2.24) is 0 Å². The van der Waals surface area contributed by atoms with Gasteiger partial charge in [0.1, 0.15) is 0 Å². The molecule has 0 heterocycles. The highest BCUT2D eigenvalue weighted by Gasteiger charge is 2.09. The minimum atomic E-state index is 0.0436. The zero-order valence-electron chi connectivity index (χ0n) is 11.8. The van der Waals surface area contributed by atoms with E-state index in [1.165, 1.54) is 0 Å². The van der Waals surface area contributed by atoms with Gasteiger partial charge in [0.15, 0.2) is 0 Å². The molecule has 18 heavy (non-hydrogen) atoms. The van der Waals surface area contributed by atoms with Gasteiger partial charge in [0, 0.05) is 23.8 Å². The van der Waals surface area contributed by atoms with Gasteiger partial charge in [-0.1, -0.05) is 33.3 Å². The second-order valence-electron chi connectivity index (χ2n) is 4.80. The van der Waals surface area contributed by atoms with Gasteiger partial charge in [-0.05, 0) is 31.0 Å². The van der Waals surface area contributed by atoms with E-state index >= 15 is 0 Å². The monoisotopic (exact) mass is 248 g/mol. The van der Waals surface area contributed by atoms with Crippen LogP contribution in [-0.2, 0) is 4.79 Å². The summed E-state index contributed by atoms with van der Waals surface area (Å²) in [5.41, 5.74) is 1.90. The number of benzene rings is 1. The van der Waals surface area contributed by atoms with Gasteiger partial charge in [-0.3, -0.25) is 4.79 Å². The molecule has 0 aromatic heterocycles. The fourth-order valence-electron chi connectivity index (χ4n) is 1.69. The van der Waals surface area contributed by atoms with Crippen molar-refractivity contribution in [2.24, 2.45) is 5.92 Å². The summed E-state index contributed by atoms with van der Waals surface area (Å²) < 4.78 is 0. The Morgan fingerprint density at radius 2 is 1.89 bits per heavy atom. The van der Waals surface area contributed by atoms with E-state index in [9.17, 15) is 4.79 Å². The number of nitrogens with one attached hydrogen (secondary N) is 2. The van der Waals surface area contributed by atoms with Crippen LogP contribution in [0, 0.1) is 5.92 Å². The molecule has 1 rings (SSSR count). The van der Waals surface area contributed by atoms with Crippen LogP contribution in [0.1, 0.15) is 40.5 Å². The molecule has 2 unspecified atom stereocenters. The topological polar surface area (TPSA) is 41.1 Å². The number of carbonyl (C=O) groups is 1. The molecule has 100 valence electrons. The zero-order chi connectivity index (χ0) is 13.5. The van der Waals surface area contributed by atoms with Gasteiger partial charge in [-0.25, -0.2) is 0 Å². The number of amides is 1. The fraction of sp³-hybridized carbons (Fsp3) is 0.533. The minimum Gasteiger partial charge on any atom is -0.382 e. The first-order valence-corrected chi connectivity index (χ1v) is 6.73. The summed E-state index contributed by atoms with van der Waals surface area (Å²) in [5.74, 6) is 0.668. The van der Waals surface area contributed by atoms with Crippen molar-refractivity contribution in [2.75, 3.05) is 10.6 Å². The van der Waals surface area contributed by atoms with Crippen molar-refractivity contribution < 1.29 is 4.79 Å². The number of hydrogen-bond donors (Lipinski definition) is 2. The summed E-state index contributed by atoms with van der Waals surface area (Å²) in [7, 11) is 0. The zero-order valence-corrected chi connectivity index (χ0v) is 11.8. The lowest BCUT2D eigenvalue weighted by Gasteiger charge is -2.21. The molecule has 0 bridgehead atoms. The van der Waals surface area contributed by atoms with Crippen LogP contribution in [0.5, 0.6) is 0 Å². The van der Waals surface area contributed by atoms with Gasteiger partial charge in [-0.15, -0.1) is 0 Å². The second-order valence-corrected chi connectivity index (χ2v) is 4.80. The highest BCUT2D eigenvalue weighted by Crippen LogP contribution is 2.19. The lowest BCUT2D eigenvalue weighted by molar-refractivity contribution is -0.115. The minimum absolute atomic E-state index is 0.0436. The van der Waals surface area contributed by atoms with Crippen LogP contribution in [0.4, 0.5) is 11.4 Å². The van der Waals surface area contributed by atoms with Gasteiger partial charge in [-0.2, -0.15) is 0 Å². The van der Waals surface area contributed by atoms with Crippen molar-refractivity contribution in [1.29, 1.82) is 0 Å². The molecule has 2 atom stereocenters. The van der Waals surface area contributed by atoms with Crippen LogP contribution in [0.3, 0.4) is 0 Å².